The molecule has 1 rings (SSSR count). The van der Waals surface area contributed by atoms with E-state index in [2.05, 4.69) is 6.92 Å². The van der Waals surface area contributed by atoms with Crippen LogP contribution in [0.4, 0.5) is 0 Å². The van der Waals surface area contributed by atoms with Crippen molar-refractivity contribution in [1.82, 2.24) is 0 Å². The molecule has 1 aromatic rings. The maximum absolute atomic E-state index is 5.70. The minimum absolute atomic E-state index is 0.513. The lowest BCUT2D eigenvalue weighted by molar-refractivity contribution is -0.0292. The Kier molecular flexibility index (Phi) is 51.2. The highest BCUT2D eigenvalue weighted by Gasteiger charge is 1.99. The second kappa shape index (κ2) is 54.0. The van der Waals surface area contributed by atoms with Crippen molar-refractivity contribution >= 4 is 0 Å². The van der Waals surface area contributed by atoms with Crippen molar-refractivity contribution in [2.45, 2.75) is 116 Å². The minimum atomic E-state index is 0.513. The van der Waals surface area contributed by atoms with Gasteiger partial charge in [-0.05, 0) is 12.0 Å². The van der Waals surface area contributed by atoms with Crippen molar-refractivity contribution in [1.29, 1.82) is 0 Å². The molecule has 0 radical (unpaired) electrons. The fourth-order valence-electron chi connectivity index (χ4n) is 6.16. The number of ether oxygens (including phenoxy) is 13. The van der Waals surface area contributed by atoms with Gasteiger partial charge in [0.1, 0.15) is 0 Å². The van der Waals surface area contributed by atoms with E-state index in [0.29, 0.717) is 165 Å². The van der Waals surface area contributed by atoms with Gasteiger partial charge in [0.2, 0.25) is 0 Å². The SMILES string of the molecule is CCCCCCCCCCCCCCCCCCOCCOCCOCCOCCOCCOCCOCCOCCOCCOCCOCCOCCOCc1ccccc1. The van der Waals surface area contributed by atoms with Gasteiger partial charge in [-0.1, -0.05) is 134 Å². The number of benzene rings is 1. The lowest BCUT2D eigenvalue weighted by Gasteiger charge is -2.09. The third kappa shape index (κ3) is 49.7. The van der Waals surface area contributed by atoms with Crippen LogP contribution in [-0.2, 0) is 68.2 Å². The average Bonchev–Trinajstić information content (AvgIpc) is 3.29. The highest BCUT2D eigenvalue weighted by molar-refractivity contribution is 5.13. The van der Waals surface area contributed by atoms with Gasteiger partial charge in [0, 0.05) is 6.61 Å². The zero-order valence-electron chi connectivity index (χ0n) is 39.4. The molecule has 0 spiro atoms. The summed E-state index contributed by atoms with van der Waals surface area (Å²) in [4.78, 5) is 0. The molecule has 13 nitrogen and oxygen atoms in total. The van der Waals surface area contributed by atoms with E-state index >= 15 is 0 Å². The van der Waals surface area contributed by atoms with E-state index in [4.69, 9.17) is 61.6 Å². The monoisotopic (exact) mass is 889 g/mol. The van der Waals surface area contributed by atoms with Crippen LogP contribution in [0.5, 0.6) is 0 Å². The van der Waals surface area contributed by atoms with Crippen LogP contribution < -0.4 is 0 Å². The molecule has 62 heavy (non-hydrogen) atoms. The highest BCUT2D eigenvalue weighted by Crippen LogP contribution is 2.13. The first-order valence-corrected chi connectivity index (χ1v) is 24.5. The largest absolute Gasteiger partial charge is 0.379 e. The number of rotatable bonds is 55. The van der Waals surface area contributed by atoms with Crippen LogP contribution in [0.3, 0.4) is 0 Å². The number of unbranched alkanes of at least 4 members (excludes halogenated alkanes) is 15. The maximum Gasteiger partial charge on any atom is 0.0718 e. The lowest BCUT2D eigenvalue weighted by atomic mass is 10.0. The van der Waals surface area contributed by atoms with Crippen LogP contribution in [0.15, 0.2) is 30.3 Å². The van der Waals surface area contributed by atoms with Gasteiger partial charge in [-0.25, -0.2) is 0 Å². The second-order valence-corrected chi connectivity index (χ2v) is 15.2. The predicted octanol–water partition coefficient (Wildman–Crippen LogP) is 8.66. The summed E-state index contributed by atoms with van der Waals surface area (Å²) in [6, 6.07) is 10.1. The predicted molar refractivity (Wildman–Crippen MR) is 245 cm³/mol. The van der Waals surface area contributed by atoms with Gasteiger partial charge in [0.25, 0.3) is 0 Å². The summed E-state index contributed by atoms with van der Waals surface area (Å²) in [6.45, 7) is 16.6. The molecule has 0 aliphatic carbocycles. The standard InChI is InChI=1S/C49H92O13/c1-2-3-4-5-6-7-8-9-10-11-12-13-14-15-16-20-23-50-24-25-51-26-27-52-28-29-53-30-31-54-32-33-55-34-35-56-36-37-57-38-39-58-40-41-59-42-43-60-44-45-61-46-47-62-48-49-21-18-17-19-22-49/h17-19,21-22H,2-16,20,23-48H2,1H3. The summed E-state index contributed by atoms with van der Waals surface area (Å²) in [5.74, 6) is 0. The number of hydrogen-bond donors (Lipinski definition) is 0. The lowest BCUT2D eigenvalue weighted by Crippen LogP contribution is -2.15. The van der Waals surface area contributed by atoms with E-state index in [1.165, 1.54) is 96.3 Å². The molecule has 0 saturated carbocycles. The van der Waals surface area contributed by atoms with Gasteiger partial charge in [0.15, 0.2) is 0 Å². The van der Waals surface area contributed by atoms with E-state index < -0.39 is 0 Å². The topological polar surface area (TPSA) is 120 Å². The third-order valence-corrected chi connectivity index (χ3v) is 9.72. The molecule has 0 aliphatic heterocycles. The van der Waals surface area contributed by atoms with Crippen LogP contribution in [0.1, 0.15) is 115 Å². The molecule has 0 aliphatic rings. The van der Waals surface area contributed by atoms with Gasteiger partial charge in [-0.3, -0.25) is 0 Å². The summed E-state index contributed by atoms with van der Waals surface area (Å²) in [5.41, 5.74) is 1.16. The zero-order chi connectivity index (χ0) is 44.0. The van der Waals surface area contributed by atoms with E-state index in [1.54, 1.807) is 0 Å². The summed E-state index contributed by atoms with van der Waals surface area (Å²) < 4.78 is 72.1. The van der Waals surface area contributed by atoms with Crippen LogP contribution in [0.2, 0.25) is 0 Å². The molecule has 13 heteroatoms. The Morgan fingerprint density at radius 3 is 0.694 bits per heavy atom. The Labute approximate surface area is 378 Å². The van der Waals surface area contributed by atoms with E-state index in [1.807, 2.05) is 30.3 Å². The molecule has 366 valence electrons. The van der Waals surface area contributed by atoms with Crippen LogP contribution >= 0.6 is 0 Å². The molecule has 0 atom stereocenters. The molecular formula is C49H92O13. The van der Waals surface area contributed by atoms with Gasteiger partial charge in [0.05, 0.1) is 165 Å². The van der Waals surface area contributed by atoms with Crippen molar-refractivity contribution in [2.75, 3.05) is 165 Å². The second-order valence-electron chi connectivity index (χ2n) is 15.2. The molecule has 0 unspecified atom stereocenters. The summed E-state index contributed by atoms with van der Waals surface area (Å²) in [6.07, 6.45) is 22.2. The van der Waals surface area contributed by atoms with Crippen molar-refractivity contribution in [2.24, 2.45) is 0 Å². The maximum atomic E-state index is 5.70. The Bertz CT molecular complexity index is 932. The third-order valence-electron chi connectivity index (χ3n) is 9.72. The minimum Gasteiger partial charge on any atom is -0.379 e. The summed E-state index contributed by atoms with van der Waals surface area (Å²) in [7, 11) is 0. The molecular weight excluding hydrogens is 797 g/mol. The Hall–Kier alpha value is -1.30. The van der Waals surface area contributed by atoms with Gasteiger partial charge in [-0.15, -0.1) is 0 Å². The van der Waals surface area contributed by atoms with E-state index in [9.17, 15) is 0 Å². The van der Waals surface area contributed by atoms with Crippen molar-refractivity contribution in [3.05, 3.63) is 35.9 Å². The van der Waals surface area contributed by atoms with Crippen LogP contribution in [-0.4, -0.2) is 165 Å². The van der Waals surface area contributed by atoms with Gasteiger partial charge >= 0.3 is 0 Å². The van der Waals surface area contributed by atoms with Crippen molar-refractivity contribution in [3.63, 3.8) is 0 Å². The first-order chi connectivity index (χ1) is 30.9. The molecule has 0 bridgehead atoms. The van der Waals surface area contributed by atoms with Crippen LogP contribution in [0, 0.1) is 0 Å². The summed E-state index contributed by atoms with van der Waals surface area (Å²) in [5, 5.41) is 0. The fourth-order valence-corrected chi connectivity index (χ4v) is 6.16. The first-order valence-electron chi connectivity index (χ1n) is 24.5. The Morgan fingerprint density at radius 2 is 0.435 bits per heavy atom. The van der Waals surface area contributed by atoms with E-state index in [0.717, 1.165) is 18.6 Å². The van der Waals surface area contributed by atoms with Crippen LogP contribution in [0.25, 0.3) is 0 Å². The normalized spacial score (nSPS) is 11.6. The zero-order valence-corrected chi connectivity index (χ0v) is 39.4. The molecule has 0 saturated heterocycles. The smallest absolute Gasteiger partial charge is 0.0718 e. The first kappa shape index (κ1) is 58.7. The average molecular weight is 889 g/mol. The fraction of sp³-hybridized carbons (Fsp3) is 0.878. The molecule has 0 fully saturated rings. The Morgan fingerprint density at radius 1 is 0.226 bits per heavy atom. The van der Waals surface area contributed by atoms with E-state index in [-0.39, 0.29) is 0 Å². The summed E-state index contributed by atoms with van der Waals surface area (Å²) >= 11 is 0. The quantitative estimate of drug-likeness (QED) is 0.0581. The van der Waals surface area contributed by atoms with Gasteiger partial charge < -0.3 is 61.6 Å². The molecule has 1 aromatic carbocycles. The van der Waals surface area contributed by atoms with Crippen molar-refractivity contribution in [3.8, 4) is 0 Å². The van der Waals surface area contributed by atoms with Gasteiger partial charge in [-0.2, -0.15) is 0 Å². The number of hydrogen-bond acceptors (Lipinski definition) is 13. The molecule has 0 amide bonds. The molecule has 0 heterocycles. The van der Waals surface area contributed by atoms with Crippen molar-refractivity contribution < 1.29 is 61.6 Å². The highest BCUT2D eigenvalue weighted by atomic mass is 16.6. The molecule has 0 N–H and O–H groups in total. The Balaban J connectivity index is 1.59. The molecule has 0 aromatic heterocycles.